The highest BCUT2D eigenvalue weighted by Crippen LogP contribution is 2.26. The van der Waals surface area contributed by atoms with E-state index < -0.39 is 0 Å². The molecule has 1 rings (SSSR count). The fraction of sp³-hybridized carbons (Fsp3) is 0.500. The molecule has 1 heteroatoms. The van der Waals surface area contributed by atoms with E-state index in [0.717, 1.165) is 12.1 Å². The van der Waals surface area contributed by atoms with Crippen molar-refractivity contribution in [1.82, 2.24) is 4.98 Å². The van der Waals surface area contributed by atoms with E-state index in [0.29, 0.717) is 11.8 Å². The maximum atomic E-state index is 4.65. The molecule has 0 amide bonds. The van der Waals surface area contributed by atoms with Gasteiger partial charge in [-0.3, -0.25) is 4.98 Å². The Balaban J connectivity index is 3.20. The Bertz CT molecular complexity index is 449. The molecule has 0 aliphatic heterocycles. The van der Waals surface area contributed by atoms with Crippen LogP contribution in [0.2, 0.25) is 0 Å². The van der Waals surface area contributed by atoms with Gasteiger partial charge in [0.2, 0.25) is 0 Å². The molecule has 19 heavy (non-hydrogen) atoms. The Morgan fingerprint density at radius 3 is 2.37 bits per heavy atom. The average molecular weight is 257 g/mol. The van der Waals surface area contributed by atoms with Crippen LogP contribution in [0.5, 0.6) is 0 Å². The van der Waals surface area contributed by atoms with Crippen molar-refractivity contribution in [3.8, 4) is 0 Å². The number of hydrogen-bond acceptors (Lipinski definition) is 1. The van der Waals surface area contributed by atoms with Crippen LogP contribution < -0.4 is 0 Å². The minimum atomic E-state index is 0.534. The lowest BCUT2D eigenvalue weighted by Crippen LogP contribution is -2.00. The van der Waals surface area contributed by atoms with E-state index in [2.05, 4.69) is 70.8 Å². The summed E-state index contributed by atoms with van der Waals surface area (Å²) >= 11 is 0. The summed E-state index contributed by atoms with van der Waals surface area (Å²) in [4.78, 5) is 4.65. The summed E-state index contributed by atoms with van der Waals surface area (Å²) in [6.07, 6.45) is 7.45. The molecule has 1 aromatic heterocycles. The Morgan fingerprint density at radius 2 is 1.95 bits per heavy atom. The number of aromatic nitrogens is 1. The summed E-state index contributed by atoms with van der Waals surface area (Å²) < 4.78 is 0. The molecule has 1 unspecified atom stereocenters. The molecule has 1 aromatic rings. The highest BCUT2D eigenvalue weighted by atomic mass is 14.7. The van der Waals surface area contributed by atoms with Crippen molar-refractivity contribution < 1.29 is 0 Å². The summed E-state index contributed by atoms with van der Waals surface area (Å²) in [5, 5.41) is 0. The smallest absolute Gasteiger partial charge is 0.0701 e. The van der Waals surface area contributed by atoms with Crippen molar-refractivity contribution in [3.05, 3.63) is 47.3 Å². The van der Waals surface area contributed by atoms with Gasteiger partial charge >= 0.3 is 0 Å². The van der Waals surface area contributed by atoms with E-state index in [1.165, 1.54) is 16.7 Å². The maximum absolute atomic E-state index is 4.65. The van der Waals surface area contributed by atoms with Crippen molar-refractivity contribution in [2.75, 3.05) is 0 Å². The van der Waals surface area contributed by atoms with Crippen molar-refractivity contribution in [3.63, 3.8) is 0 Å². The number of hydrogen-bond donors (Lipinski definition) is 0. The number of rotatable bonds is 5. The zero-order valence-electron chi connectivity index (χ0n) is 13.2. The first-order valence-electron chi connectivity index (χ1n) is 7.31. The summed E-state index contributed by atoms with van der Waals surface area (Å²) in [6.45, 7) is 13.2. The van der Waals surface area contributed by atoms with Crippen LogP contribution in [0, 0.1) is 5.92 Å². The standard InChI is InChI=1S/C18H27N/c1-7-9-17(15(6)14(5)8-2)18-11-10-16(12-19-18)13(3)4/h7,9-14H,8H2,1-6H3/b9-7-,17-15-. The van der Waals surface area contributed by atoms with E-state index in [-0.39, 0.29) is 0 Å². The summed E-state index contributed by atoms with van der Waals surface area (Å²) in [5.41, 5.74) is 5.07. The molecule has 0 aliphatic rings. The van der Waals surface area contributed by atoms with Crippen molar-refractivity contribution in [2.45, 2.75) is 53.9 Å². The first-order valence-corrected chi connectivity index (χ1v) is 7.31. The lowest BCUT2D eigenvalue weighted by molar-refractivity contribution is 0.658. The van der Waals surface area contributed by atoms with Crippen LogP contribution >= 0.6 is 0 Å². The molecule has 0 fully saturated rings. The van der Waals surface area contributed by atoms with Crippen molar-refractivity contribution in [2.24, 2.45) is 5.92 Å². The largest absolute Gasteiger partial charge is 0.256 e. The molecule has 0 N–H and O–H groups in total. The minimum Gasteiger partial charge on any atom is -0.256 e. The lowest BCUT2D eigenvalue weighted by Gasteiger charge is -2.15. The van der Waals surface area contributed by atoms with Gasteiger partial charge in [0.25, 0.3) is 0 Å². The maximum Gasteiger partial charge on any atom is 0.0701 e. The minimum absolute atomic E-state index is 0.534. The molecule has 0 saturated carbocycles. The van der Waals surface area contributed by atoms with Crippen LogP contribution in [-0.2, 0) is 0 Å². The SMILES string of the molecule is C/C=C\C(=C(/C)C(C)CC)c1ccc(C(C)C)cn1. The Hall–Kier alpha value is -1.37. The van der Waals surface area contributed by atoms with Crippen LogP contribution in [0.3, 0.4) is 0 Å². The van der Waals surface area contributed by atoms with Crippen LogP contribution in [0.4, 0.5) is 0 Å². The third kappa shape index (κ3) is 4.05. The topological polar surface area (TPSA) is 12.9 Å². The Labute approximate surface area is 118 Å². The second-order valence-electron chi connectivity index (χ2n) is 5.54. The van der Waals surface area contributed by atoms with Gasteiger partial charge in [0.15, 0.2) is 0 Å². The summed E-state index contributed by atoms with van der Waals surface area (Å²) in [6, 6.07) is 4.34. The van der Waals surface area contributed by atoms with Gasteiger partial charge in [0.05, 0.1) is 5.69 Å². The van der Waals surface area contributed by atoms with Crippen LogP contribution in [0.25, 0.3) is 5.57 Å². The van der Waals surface area contributed by atoms with Gasteiger partial charge < -0.3 is 0 Å². The first kappa shape index (κ1) is 15.7. The number of nitrogens with zero attached hydrogens (tertiary/aromatic N) is 1. The second kappa shape index (κ2) is 7.28. The molecule has 0 saturated heterocycles. The number of pyridine rings is 1. The quantitative estimate of drug-likeness (QED) is 0.626. The van der Waals surface area contributed by atoms with Crippen molar-refractivity contribution in [1.29, 1.82) is 0 Å². The van der Waals surface area contributed by atoms with E-state index in [1.54, 1.807) is 0 Å². The molecule has 0 bridgehead atoms. The zero-order valence-corrected chi connectivity index (χ0v) is 13.2. The van der Waals surface area contributed by atoms with Gasteiger partial charge in [0.1, 0.15) is 0 Å². The Kier molecular flexibility index (Phi) is 6.01. The van der Waals surface area contributed by atoms with E-state index in [9.17, 15) is 0 Å². The Morgan fingerprint density at radius 1 is 1.26 bits per heavy atom. The molecular formula is C18H27N. The average Bonchev–Trinajstić information content (AvgIpc) is 2.43. The third-order valence-electron chi connectivity index (χ3n) is 3.84. The van der Waals surface area contributed by atoms with E-state index in [4.69, 9.17) is 0 Å². The first-order chi connectivity index (χ1) is 9.01. The zero-order chi connectivity index (χ0) is 14.4. The third-order valence-corrected chi connectivity index (χ3v) is 3.84. The molecule has 0 spiro atoms. The predicted octanol–water partition coefficient (Wildman–Crippen LogP) is 5.60. The van der Waals surface area contributed by atoms with Gasteiger partial charge in [-0.05, 0) is 49.3 Å². The molecule has 1 atom stereocenters. The van der Waals surface area contributed by atoms with E-state index in [1.807, 2.05) is 6.20 Å². The van der Waals surface area contributed by atoms with Gasteiger partial charge in [-0.25, -0.2) is 0 Å². The predicted molar refractivity (Wildman–Crippen MR) is 85.2 cm³/mol. The van der Waals surface area contributed by atoms with E-state index >= 15 is 0 Å². The van der Waals surface area contributed by atoms with Crippen LogP contribution in [-0.4, -0.2) is 4.98 Å². The van der Waals surface area contributed by atoms with Crippen LogP contribution in [0.15, 0.2) is 36.1 Å². The molecule has 1 heterocycles. The fourth-order valence-electron chi connectivity index (χ4n) is 2.06. The molecule has 1 nitrogen and oxygen atoms in total. The van der Waals surface area contributed by atoms with Crippen LogP contribution in [0.1, 0.15) is 65.1 Å². The van der Waals surface area contributed by atoms with Gasteiger partial charge in [-0.15, -0.1) is 0 Å². The van der Waals surface area contributed by atoms with Gasteiger partial charge in [0, 0.05) is 6.20 Å². The molecule has 0 aromatic carbocycles. The fourth-order valence-corrected chi connectivity index (χ4v) is 2.06. The highest BCUT2D eigenvalue weighted by Gasteiger charge is 2.10. The number of allylic oxidation sites excluding steroid dienone is 4. The molecule has 104 valence electrons. The highest BCUT2D eigenvalue weighted by molar-refractivity contribution is 5.74. The lowest BCUT2D eigenvalue weighted by atomic mass is 9.92. The molecule has 0 aliphatic carbocycles. The molecular weight excluding hydrogens is 230 g/mol. The molecule has 0 radical (unpaired) electrons. The second-order valence-corrected chi connectivity index (χ2v) is 5.54. The summed E-state index contributed by atoms with van der Waals surface area (Å²) in [5.74, 6) is 1.13. The van der Waals surface area contributed by atoms with Gasteiger partial charge in [-0.1, -0.05) is 51.5 Å². The summed E-state index contributed by atoms with van der Waals surface area (Å²) in [7, 11) is 0. The van der Waals surface area contributed by atoms with Crippen molar-refractivity contribution >= 4 is 5.57 Å². The van der Waals surface area contributed by atoms with Gasteiger partial charge in [-0.2, -0.15) is 0 Å². The normalized spacial score (nSPS) is 14.9. The monoisotopic (exact) mass is 257 g/mol.